The molecule has 1 aliphatic heterocycles. The van der Waals surface area contributed by atoms with Crippen molar-refractivity contribution in [2.45, 2.75) is 6.42 Å². The minimum Gasteiger partial charge on any atom is -0.314 e. The van der Waals surface area contributed by atoms with Crippen LogP contribution in [0.5, 0.6) is 0 Å². The Hall–Kier alpha value is -1.02. The second-order valence-electron chi connectivity index (χ2n) is 4.55. The van der Waals surface area contributed by atoms with E-state index in [2.05, 4.69) is 10.3 Å². The predicted octanol–water partition coefficient (Wildman–Crippen LogP) is -0.294. The lowest BCUT2D eigenvalue weighted by atomic mass is 10.3. The third-order valence-electron chi connectivity index (χ3n) is 3.21. The first-order valence-corrected chi connectivity index (χ1v) is 7.82. The molecule has 1 N–H and O–H groups in total. The molecule has 19 heavy (non-hydrogen) atoms. The summed E-state index contributed by atoms with van der Waals surface area (Å²) in [5, 5.41) is 3.15. The number of pyridine rings is 1. The molecule has 0 bridgehead atoms. The smallest absolute Gasteiger partial charge is 0.281 e. The fraction of sp³-hybridized carbons (Fsp3) is 0.583. The van der Waals surface area contributed by atoms with Crippen LogP contribution in [0.3, 0.4) is 0 Å². The molecule has 2 rings (SSSR count). The number of nitrogens with zero attached hydrogens (tertiary/aromatic N) is 3. The fourth-order valence-corrected chi connectivity index (χ4v) is 3.37. The number of hydrogen-bond acceptors (Lipinski definition) is 4. The maximum absolute atomic E-state index is 12.3. The molecule has 0 unspecified atom stereocenters. The summed E-state index contributed by atoms with van der Waals surface area (Å²) in [6.45, 7) is 2.95. The second-order valence-corrected chi connectivity index (χ2v) is 6.58. The highest BCUT2D eigenvalue weighted by molar-refractivity contribution is 7.86. The average Bonchev–Trinajstić information content (AvgIpc) is 2.46. The molecule has 0 radical (unpaired) electrons. The van der Waals surface area contributed by atoms with E-state index >= 15 is 0 Å². The topological polar surface area (TPSA) is 65.5 Å². The Morgan fingerprint density at radius 1 is 1.37 bits per heavy atom. The average molecular weight is 284 g/mol. The SMILES string of the molecule is CN(CCc1ccccn1)S(=O)(=O)N1CCNCC1. The van der Waals surface area contributed by atoms with Crippen LogP contribution in [-0.4, -0.2) is 61.8 Å². The summed E-state index contributed by atoms with van der Waals surface area (Å²) >= 11 is 0. The lowest BCUT2D eigenvalue weighted by Gasteiger charge is -2.30. The minimum atomic E-state index is -3.33. The van der Waals surface area contributed by atoms with Crippen LogP contribution in [0.4, 0.5) is 0 Å². The Bertz CT molecular complexity index is 486. The molecule has 1 aromatic rings. The lowest BCUT2D eigenvalue weighted by Crippen LogP contribution is -2.51. The van der Waals surface area contributed by atoms with Crippen molar-refractivity contribution in [2.24, 2.45) is 0 Å². The van der Waals surface area contributed by atoms with Gasteiger partial charge in [-0.2, -0.15) is 17.0 Å². The Kier molecular flexibility index (Phi) is 4.87. The lowest BCUT2D eigenvalue weighted by molar-refractivity contribution is 0.326. The van der Waals surface area contributed by atoms with E-state index in [1.54, 1.807) is 13.2 Å². The van der Waals surface area contributed by atoms with Crippen LogP contribution < -0.4 is 5.32 Å². The Labute approximate surface area is 114 Å². The molecule has 1 aromatic heterocycles. The number of rotatable bonds is 5. The maximum atomic E-state index is 12.3. The van der Waals surface area contributed by atoms with Gasteiger partial charge >= 0.3 is 0 Å². The van der Waals surface area contributed by atoms with Gasteiger partial charge in [0.05, 0.1) is 0 Å². The number of hydrogen-bond donors (Lipinski definition) is 1. The molecule has 6 nitrogen and oxygen atoms in total. The van der Waals surface area contributed by atoms with Crippen molar-refractivity contribution < 1.29 is 8.42 Å². The molecular formula is C12H20N4O2S. The highest BCUT2D eigenvalue weighted by Crippen LogP contribution is 2.08. The van der Waals surface area contributed by atoms with Gasteiger partial charge in [-0.25, -0.2) is 0 Å². The van der Waals surface area contributed by atoms with Gasteiger partial charge in [0.2, 0.25) is 0 Å². The number of aromatic nitrogens is 1. The minimum absolute atomic E-state index is 0.448. The third kappa shape index (κ3) is 3.73. The monoisotopic (exact) mass is 284 g/mol. The Morgan fingerprint density at radius 3 is 2.74 bits per heavy atom. The van der Waals surface area contributed by atoms with Gasteiger partial charge in [-0.15, -0.1) is 0 Å². The molecule has 7 heteroatoms. The van der Waals surface area contributed by atoms with E-state index in [9.17, 15) is 8.42 Å². The van der Waals surface area contributed by atoms with Gasteiger partial charge in [-0.05, 0) is 12.1 Å². The van der Waals surface area contributed by atoms with E-state index in [1.165, 1.54) is 8.61 Å². The third-order valence-corrected chi connectivity index (χ3v) is 5.19. The fourth-order valence-electron chi connectivity index (χ4n) is 2.01. The van der Waals surface area contributed by atoms with Gasteiger partial charge in [-0.3, -0.25) is 4.98 Å². The summed E-state index contributed by atoms with van der Waals surface area (Å²) in [7, 11) is -1.71. The maximum Gasteiger partial charge on any atom is 0.281 e. The quantitative estimate of drug-likeness (QED) is 0.807. The van der Waals surface area contributed by atoms with Crippen LogP contribution in [0, 0.1) is 0 Å². The summed E-state index contributed by atoms with van der Waals surface area (Å²) in [5.41, 5.74) is 0.907. The van der Waals surface area contributed by atoms with Crippen LogP contribution in [0.15, 0.2) is 24.4 Å². The van der Waals surface area contributed by atoms with Crippen LogP contribution in [0.1, 0.15) is 5.69 Å². The van der Waals surface area contributed by atoms with Crippen LogP contribution in [-0.2, 0) is 16.6 Å². The van der Waals surface area contributed by atoms with Gasteiger partial charge in [0, 0.05) is 58.1 Å². The summed E-state index contributed by atoms with van der Waals surface area (Å²) in [6, 6.07) is 5.67. The van der Waals surface area contributed by atoms with Crippen molar-refractivity contribution >= 4 is 10.2 Å². The largest absolute Gasteiger partial charge is 0.314 e. The zero-order chi connectivity index (χ0) is 13.7. The Balaban J connectivity index is 1.93. The molecule has 0 aliphatic carbocycles. The van der Waals surface area contributed by atoms with Gasteiger partial charge in [0.25, 0.3) is 10.2 Å². The normalized spacial score (nSPS) is 17.8. The molecule has 1 saturated heterocycles. The first kappa shape index (κ1) is 14.4. The van der Waals surface area contributed by atoms with Crippen molar-refractivity contribution in [1.82, 2.24) is 18.9 Å². The van der Waals surface area contributed by atoms with Crippen molar-refractivity contribution in [3.05, 3.63) is 30.1 Å². The molecule has 0 spiro atoms. The standard InChI is InChI=1S/C12H20N4O2S/c1-15(9-5-12-4-2-3-6-14-12)19(17,18)16-10-7-13-8-11-16/h2-4,6,13H,5,7-11H2,1H3. The molecule has 0 atom stereocenters. The molecule has 106 valence electrons. The van der Waals surface area contributed by atoms with Crippen LogP contribution in [0.25, 0.3) is 0 Å². The van der Waals surface area contributed by atoms with Gasteiger partial charge < -0.3 is 5.32 Å². The molecular weight excluding hydrogens is 264 g/mol. The first-order chi connectivity index (χ1) is 9.10. The summed E-state index contributed by atoms with van der Waals surface area (Å²) in [6.07, 6.45) is 2.35. The van der Waals surface area contributed by atoms with Gasteiger partial charge in [-0.1, -0.05) is 6.07 Å². The Morgan fingerprint density at radius 2 is 2.11 bits per heavy atom. The van der Waals surface area contributed by atoms with Crippen molar-refractivity contribution in [3.63, 3.8) is 0 Å². The van der Waals surface area contributed by atoms with E-state index < -0.39 is 10.2 Å². The van der Waals surface area contributed by atoms with Gasteiger partial charge in [0.1, 0.15) is 0 Å². The van der Waals surface area contributed by atoms with E-state index in [1.807, 2.05) is 18.2 Å². The predicted molar refractivity (Wildman–Crippen MR) is 73.9 cm³/mol. The van der Waals surface area contributed by atoms with Crippen LogP contribution >= 0.6 is 0 Å². The highest BCUT2D eigenvalue weighted by Gasteiger charge is 2.27. The van der Waals surface area contributed by atoms with Crippen molar-refractivity contribution in [1.29, 1.82) is 0 Å². The van der Waals surface area contributed by atoms with E-state index in [4.69, 9.17) is 0 Å². The molecule has 1 aliphatic rings. The van der Waals surface area contributed by atoms with Crippen LogP contribution in [0.2, 0.25) is 0 Å². The molecule has 2 heterocycles. The highest BCUT2D eigenvalue weighted by atomic mass is 32.2. The van der Waals surface area contributed by atoms with E-state index in [0.29, 0.717) is 39.1 Å². The molecule has 0 amide bonds. The molecule has 1 fully saturated rings. The zero-order valence-electron chi connectivity index (χ0n) is 11.1. The van der Waals surface area contributed by atoms with Crippen molar-refractivity contribution in [3.8, 4) is 0 Å². The van der Waals surface area contributed by atoms with E-state index in [-0.39, 0.29) is 0 Å². The molecule has 0 saturated carbocycles. The van der Waals surface area contributed by atoms with Gasteiger partial charge in [0.15, 0.2) is 0 Å². The second kappa shape index (κ2) is 6.42. The molecule has 0 aromatic carbocycles. The first-order valence-electron chi connectivity index (χ1n) is 6.43. The summed E-state index contributed by atoms with van der Waals surface area (Å²) in [5.74, 6) is 0. The van der Waals surface area contributed by atoms with E-state index in [0.717, 1.165) is 5.69 Å². The summed E-state index contributed by atoms with van der Waals surface area (Å²) in [4.78, 5) is 4.20. The number of nitrogens with one attached hydrogen (secondary N) is 1. The van der Waals surface area contributed by atoms with Crippen molar-refractivity contribution in [2.75, 3.05) is 39.8 Å². The number of likely N-dealkylation sites (N-methyl/N-ethyl adjacent to an activating group) is 1. The number of piperazine rings is 1. The summed E-state index contributed by atoms with van der Waals surface area (Å²) < 4.78 is 27.6. The zero-order valence-corrected chi connectivity index (χ0v) is 11.9.